The zero-order valence-corrected chi connectivity index (χ0v) is 23.2. The van der Waals surface area contributed by atoms with Crippen molar-refractivity contribution in [3.8, 4) is 5.75 Å². The van der Waals surface area contributed by atoms with Gasteiger partial charge in [0, 0.05) is 13.0 Å². The molecule has 2 N–H and O–H groups in total. The molecular weight excluding hydrogens is 504 g/mol. The Morgan fingerprint density at radius 2 is 1.62 bits per heavy atom. The molecule has 2 aromatic rings. The van der Waals surface area contributed by atoms with Crippen molar-refractivity contribution in [3.05, 3.63) is 65.2 Å². The highest BCUT2D eigenvalue weighted by molar-refractivity contribution is 5.94. The zero-order chi connectivity index (χ0) is 28.8. The maximum absolute atomic E-state index is 13.2. The molecule has 0 heterocycles. The standard InChI is InChI=1S/C29H38N2O8/c1-29(2,3)39-28(35)31-23(13-9-10-16-30-27(34)38-19-20-11-7-6-8-12-20)24(32)18-21-14-15-25(36-4)22(17-21)26(33)37-5/h6-8,11-12,14-15,17,23H,9-10,13,16,18-19H2,1-5H3,(H,30,34)(H,31,35)/t23-/m0/s1. The summed E-state index contributed by atoms with van der Waals surface area (Å²) in [5, 5.41) is 5.35. The van der Waals surface area contributed by atoms with Gasteiger partial charge in [0.05, 0.1) is 20.3 Å². The van der Waals surface area contributed by atoms with Crippen molar-refractivity contribution in [1.82, 2.24) is 10.6 Å². The Kier molecular flexibility index (Phi) is 12.3. The third-order valence-corrected chi connectivity index (χ3v) is 5.53. The van der Waals surface area contributed by atoms with Crippen LogP contribution in [0.4, 0.5) is 9.59 Å². The smallest absolute Gasteiger partial charge is 0.408 e. The number of carbonyl (C=O) groups is 4. The van der Waals surface area contributed by atoms with Crippen molar-refractivity contribution in [2.24, 2.45) is 0 Å². The van der Waals surface area contributed by atoms with E-state index in [2.05, 4.69) is 10.6 Å². The highest BCUT2D eigenvalue weighted by Crippen LogP contribution is 2.22. The molecule has 0 unspecified atom stereocenters. The number of amides is 2. The fourth-order valence-electron chi connectivity index (χ4n) is 3.66. The number of rotatable bonds is 13. The van der Waals surface area contributed by atoms with Crippen LogP contribution in [-0.4, -0.2) is 56.3 Å². The number of carbonyl (C=O) groups excluding carboxylic acids is 4. The average molecular weight is 543 g/mol. The van der Waals surface area contributed by atoms with Crippen molar-refractivity contribution in [1.29, 1.82) is 0 Å². The number of esters is 1. The molecular formula is C29H38N2O8. The second kappa shape index (κ2) is 15.4. The van der Waals surface area contributed by atoms with Crippen LogP contribution in [0.25, 0.3) is 0 Å². The minimum atomic E-state index is -0.825. The topological polar surface area (TPSA) is 129 Å². The van der Waals surface area contributed by atoms with E-state index < -0.39 is 29.8 Å². The van der Waals surface area contributed by atoms with Gasteiger partial charge >= 0.3 is 18.2 Å². The van der Waals surface area contributed by atoms with Crippen LogP contribution < -0.4 is 15.4 Å². The number of unbranched alkanes of at least 4 members (excludes halogenated alkanes) is 1. The Morgan fingerprint density at radius 1 is 0.897 bits per heavy atom. The van der Waals surface area contributed by atoms with Gasteiger partial charge in [-0.05, 0) is 63.3 Å². The van der Waals surface area contributed by atoms with Crippen molar-refractivity contribution < 1.29 is 38.1 Å². The predicted molar refractivity (Wildman–Crippen MR) is 145 cm³/mol. The lowest BCUT2D eigenvalue weighted by Crippen LogP contribution is -2.44. The molecule has 0 aliphatic rings. The summed E-state index contributed by atoms with van der Waals surface area (Å²) in [6, 6.07) is 13.3. The molecule has 0 aliphatic carbocycles. The van der Waals surface area contributed by atoms with Crippen LogP contribution in [0.3, 0.4) is 0 Å². The van der Waals surface area contributed by atoms with Crippen LogP contribution >= 0.6 is 0 Å². The van der Waals surface area contributed by atoms with Crippen LogP contribution in [-0.2, 0) is 32.0 Å². The van der Waals surface area contributed by atoms with Crippen LogP contribution in [0.5, 0.6) is 5.75 Å². The Morgan fingerprint density at radius 3 is 2.26 bits per heavy atom. The summed E-state index contributed by atoms with van der Waals surface area (Å²) in [5.41, 5.74) is 0.928. The van der Waals surface area contributed by atoms with Crippen molar-refractivity contribution in [2.45, 2.75) is 64.7 Å². The molecule has 0 saturated carbocycles. The number of hydrogen-bond donors (Lipinski definition) is 2. The van der Waals surface area contributed by atoms with E-state index in [-0.39, 0.29) is 24.4 Å². The highest BCUT2D eigenvalue weighted by Gasteiger charge is 2.25. The van der Waals surface area contributed by atoms with Gasteiger partial charge < -0.3 is 29.6 Å². The molecule has 2 amide bonds. The Bertz CT molecular complexity index is 1110. The van der Waals surface area contributed by atoms with E-state index in [1.165, 1.54) is 20.3 Å². The van der Waals surface area contributed by atoms with E-state index >= 15 is 0 Å². The van der Waals surface area contributed by atoms with Crippen LogP contribution in [0.1, 0.15) is 61.5 Å². The first-order valence-electron chi connectivity index (χ1n) is 12.7. The van der Waals surface area contributed by atoms with Gasteiger partial charge in [-0.15, -0.1) is 0 Å². The fraction of sp³-hybridized carbons (Fsp3) is 0.448. The van der Waals surface area contributed by atoms with E-state index in [9.17, 15) is 19.2 Å². The summed E-state index contributed by atoms with van der Waals surface area (Å²) in [4.78, 5) is 49.7. The molecule has 2 rings (SSSR count). The average Bonchev–Trinajstić information content (AvgIpc) is 2.90. The molecule has 0 bridgehead atoms. The highest BCUT2D eigenvalue weighted by atomic mass is 16.6. The molecule has 2 aromatic carbocycles. The Hall–Kier alpha value is -4.08. The lowest BCUT2D eigenvalue weighted by Gasteiger charge is -2.23. The molecule has 1 atom stereocenters. The minimum absolute atomic E-state index is 0.0293. The number of hydrogen-bond acceptors (Lipinski definition) is 8. The second-order valence-corrected chi connectivity index (χ2v) is 9.85. The molecule has 212 valence electrons. The van der Waals surface area contributed by atoms with Crippen molar-refractivity contribution in [3.63, 3.8) is 0 Å². The van der Waals surface area contributed by atoms with E-state index in [4.69, 9.17) is 18.9 Å². The number of Topliss-reactive ketones (excluding diaryl/α,β-unsaturated/α-hetero) is 1. The Balaban J connectivity index is 1.95. The first kappa shape index (κ1) is 31.1. The van der Waals surface area contributed by atoms with Gasteiger partial charge in [0.2, 0.25) is 0 Å². The monoisotopic (exact) mass is 542 g/mol. The lowest BCUT2D eigenvalue weighted by molar-refractivity contribution is -0.120. The molecule has 10 heteroatoms. The number of methoxy groups -OCH3 is 2. The maximum atomic E-state index is 13.2. The summed E-state index contributed by atoms with van der Waals surface area (Å²) in [7, 11) is 2.70. The summed E-state index contributed by atoms with van der Waals surface area (Å²) in [6.45, 7) is 5.72. The summed E-state index contributed by atoms with van der Waals surface area (Å²) in [6.07, 6.45) is 0.182. The van der Waals surface area contributed by atoms with E-state index in [0.717, 1.165) is 5.56 Å². The molecule has 0 fully saturated rings. The molecule has 0 aromatic heterocycles. The molecule has 0 spiro atoms. The van der Waals surface area contributed by atoms with Crippen molar-refractivity contribution in [2.75, 3.05) is 20.8 Å². The summed E-state index contributed by atoms with van der Waals surface area (Å²) >= 11 is 0. The van der Waals surface area contributed by atoms with Gasteiger partial charge in [-0.25, -0.2) is 14.4 Å². The SMILES string of the molecule is COC(=O)c1cc(CC(=O)[C@H](CCCCNC(=O)OCc2ccccc2)NC(=O)OC(C)(C)C)ccc1OC. The quantitative estimate of drug-likeness (QED) is 0.214. The Labute approximate surface area is 229 Å². The zero-order valence-electron chi connectivity index (χ0n) is 23.2. The van der Waals surface area contributed by atoms with Crippen LogP contribution in [0, 0.1) is 0 Å². The number of ketones is 1. The van der Waals surface area contributed by atoms with Gasteiger partial charge in [0.25, 0.3) is 0 Å². The summed E-state index contributed by atoms with van der Waals surface area (Å²) < 4.78 is 20.5. The van der Waals surface area contributed by atoms with Gasteiger partial charge in [0.1, 0.15) is 23.5 Å². The molecule has 0 aliphatic heterocycles. The van der Waals surface area contributed by atoms with Crippen molar-refractivity contribution >= 4 is 23.9 Å². The third-order valence-electron chi connectivity index (χ3n) is 5.53. The van der Waals surface area contributed by atoms with Gasteiger partial charge in [0.15, 0.2) is 5.78 Å². The van der Waals surface area contributed by atoms with Gasteiger partial charge in [-0.2, -0.15) is 0 Å². The molecule has 0 radical (unpaired) electrons. The molecule has 0 saturated heterocycles. The largest absolute Gasteiger partial charge is 0.496 e. The normalized spacial score (nSPS) is 11.6. The first-order valence-corrected chi connectivity index (χ1v) is 12.7. The van der Waals surface area contributed by atoms with Gasteiger partial charge in [-0.1, -0.05) is 36.4 Å². The maximum Gasteiger partial charge on any atom is 0.408 e. The lowest BCUT2D eigenvalue weighted by atomic mass is 9.98. The molecule has 10 nitrogen and oxygen atoms in total. The predicted octanol–water partition coefficient (Wildman–Crippen LogP) is 4.58. The fourth-order valence-corrected chi connectivity index (χ4v) is 3.66. The first-order chi connectivity index (χ1) is 18.5. The number of benzene rings is 2. The molecule has 39 heavy (non-hydrogen) atoms. The number of alkyl carbamates (subject to hydrolysis) is 2. The number of nitrogens with one attached hydrogen (secondary N) is 2. The van der Waals surface area contributed by atoms with Crippen LogP contribution in [0.15, 0.2) is 48.5 Å². The van der Waals surface area contributed by atoms with E-state index in [0.29, 0.717) is 37.1 Å². The summed E-state index contributed by atoms with van der Waals surface area (Å²) in [5.74, 6) is -0.507. The second-order valence-electron chi connectivity index (χ2n) is 9.85. The van der Waals surface area contributed by atoms with Crippen LogP contribution in [0.2, 0.25) is 0 Å². The third kappa shape index (κ3) is 11.5. The minimum Gasteiger partial charge on any atom is -0.496 e. The van der Waals surface area contributed by atoms with E-state index in [1.54, 1.807) is 32.9 Å². The van der Waals surface area contributed by atoms with Gasteiger partial charge in [-0.3, -0.25) is 4.79 Å². The number of ether oxygens (including phenoxy) is 4. The van der Waals surface area contributed by atoms with E-state index in [1.807, 2.05) is 30.3 Å².